The maximum absolute atomic E-state index is 2.44. The van der Waals surface area contributed by atoms with Gasteiger partial charge in [0, 0.05) is 28.8 Å². The third-order valence-electron chi connectivity index (χ3n) is 4.63. The summed E-state index contributed by atoms with van der Waals surface area (Å²) in [5.41, 5.74) is 8.15. The molecule has 1 aliphatic rings. The van der Waals surface area contributed by atoms with Crippen LogP contribution in [0.5, 0.6) is 0 Å². The molecular formula is C21H15N. The second-order valence-electron chi connectivity index (χ2n) is 5.85. The van der Waals surface area contributed by atoms with E-state index in [0.29, 0.717) is 0 Å². The summed E-state index contributed by atoms with van der Waals surface area (Å²) in [6, 6.07) is 28.2. The van der Waals surface area contributed by atoms with Crippen molar-refractivity contribution in [1.82, 2.24) is 4.57 Å². The van der Waals surface area contributed by atoms with E-state index in [-0.39, 0.29) is 0 Å². The van der Waals surface area contributed by atoms with Gasteiger partial charge in [-0.2, -0.15) is 0 Å². The smallest absolute Gasteiger partial charge is 0.0538 e. The zero-order valence-electron chi connectivity index (χ0n) is 12.2. The van der Waals surface area contributed by atoms with Gasteiger partial charge in [-0.25, -0.2) is 0 Å². The Morgan fingerprint density at radius 2 is 1.41 bits per heavy atom. The first-order valence-corrected chi connectivity index (χ1v) is 7.69. The van der Waals surface area contributed by atoms with Crippen LogP contribution in [0.25, 0.3) is 27.7 Å². The fraction of sp³-hybridized carbons (Fsp3) is 0.0476. The lowest BCUT2D eigenvalue weighted by atomic mass is 9.99. The standard InChI is InChI=1S/C21H15N/c1-2-8-15(9-3-1)21-17-11-5-7-13-19(17)22-18-12-6-4-10-16(18)14-20(21)22/h1-13H,14H2. The lowest BCUT2D eigenvalue weighted by Gasteiger charge is -2.03. The van der Waals surface area contributed by atoms with Gasteiger partial charge >= 0.3 is 0 Å². The Balaban J connectivity index is 1.93. The molecule has 1 aromatic heterocycles. The van der Waals surface area contributed by atoms with Crippen molar-refractivity contribution in [1.29, 1.82) is 0 Å². The normalized spacial score (nSPS) is 12.4. The highest BCUT2D eigenvalue weighted by molar-refractivity contribution is 6.00. The van der Waals surface area contributed by atoms with E-state index in [4.69, 9.17) is 0 Å². The molecule has 0 unspecified atom stereocenters. The van der Waals surface area contributed by atoms with Crippen molar-refractivity contribution < 1.29 is 0 Å². The molecule has 0 fully saturated rings. The number of rotatable bonds is 1. The molecule has 2 heterocycles. The topological polar surface area (TPSA) is 4.93 Å². The molecule has 0 N–H and O–H groups in total. The first-order chi connectivity index (χ1) is 10.9. The molecule has 22 heavy (non-hydrogen) atoms. The molecule has 0 saturated heterocycles. The fourth-order valence-corrected chi connectivity index (χ4v) is 3.72. The number of benzene rings is 3. The predicted molar refractivity (Wildman–Crippen MR) is 91.5 cm³/mol. The number of fused-ring (bicyclic) bond motifs is 5. The van der Waals surface area contributed by atoms with Crippen LogP contribution in [0.15, 0.2) is 78.9 Å². The van der Waals surface area contributed by atoms with Gasteiger partial charge < -0.3 is 4.57 Å². The average molecular weight is 281 g/mol. The highest BCUT2D eigenvalue weighted by Gasteiger charge is 2.25. The van der Waals surface area contributed by atoms with Crippen LogP contribution in [-0.2, 0) is 6.42 Å². The first kappa shape index (κ1) is 11.8. The molecule has 0 saturated carbocycles. The molecule has 1 nitrogen and oxygen atoms in total. The zero-order valence-corrected chi connectivity index (χ0v) is 12.2. The second-order valence-corrected chi connectivity index (χ2v) is 5.85. The summed E-state index contributed by atoms with van der Waals surface area (Å²) in [5, 5.41) is 1.35. The van der Waals surface area contributed by atoms with Gasteiger partial charge in [-0.15, -0.1) is 0 Å². The van der Waals surface area contributed by atoms with Gasteiger partial charge in [0.1, 0.15) is 0 Å². The van der Waals surface area contributed by atoms with Gasteiger partial charge in [-0.05, 0) is 23.3 Å². The Bertz CT molecular complexity index is 978. The van der Waals surface area contributed by atoms with Gasteiger partial charge in [0.2, 0.25) is 0 Å². The number of para-hydroxylation sites is 2. The van der Waals surface area contributed by atoms with Crippen molar-refractivity contribution in [2.45, 2.75) is 6.42 Å². The van der Waals surface area contributed by atoms with Crippen LogP contribution in [0, 0.1) is 0 Å². The van der Waals surface area contributed by atoms with E-state index in [0.717, 1.165) is 6.42 Å². The minimum absolute atomic E-state index is 1.01. The molecule has 4 aromatic rings. The molecule has 0 spiro atoms. The molecule has 0 bridgehead atoms. The summed E-state index contributed by atoms with van der Waals surface area (Å²) in [6.07, 6.45) is 1.01. The van der Waals surface area contributed by atoms with Gasteiger partial charge in [-0.3, -0.25) is 0 Å². The summed E-state index contributed by atoms with van der Waals surface area (Å²) < 4.78 is 2.44. The molecule has 5 rings (SSSR count). The Labute approximate surface area is 129 Å². The molecule has 0 aliphatic carbocycles. The van der Waals surface area contributed by atoms with E-state index in [1.165, 1.54) is 39.0 Å². The molecule has 1 heteroatoms. The number of hydrogen-bond donors (Lipinski definition) is 0. The van der Waals surface area contributed by atoms with Gasteiger partial charge in [0.05, 0.1) is 5.52 Å². The highest BCUT2D eigenvalue weighted by atomic mass is 15.0. The third kappa shape index (κ3) is 1.48. The monoisotopic (exact) mass is 281 g/mol. The lowest BCUT2D eigenvalue weighted by molar-refractivity contribution is 1.09. The number of hydrogen-bond acceptors (Lipinski definition) is 0. The lowest BCUT2D eigenvalue weighted by Crippen LogP contribution is -1.91. The summed E-state index contributed by atoms with van der Waals surface area (Å²) in [4.78, 5) is 0. The van der Waals surface area contributed by atoms with E-state index in [2.05, 4.69) is 83.4 Å². The van der Waals surface area contributed by atoms with E-state index < -0.39 is 0 Å². The van der Waals surface area contributed by atoms with Crippen molar-refractivity contribution >= 4 is 10.9 Å². The van der Waals surface area contributed by atoms with Crippen molar-refractivity contribution in [2.75, 3.05) is 0 Å². The Morgan fingerprint density at radius 3 is 2.32 bits per heavy atom. The van der Waals surface area contributed by atoms with Gasteiger partial charge in [-0.1, -0.05) is 66.7 Å². The quantitative estimate of drug-likeness (QED) is 0.398. The molecule has 0 radical (unpaired) electrons. The van der Waals surface area contributed by atoms with E-state index in [9.17, 15) is 0 Å². The summed E-state index contributed by atoms with van der Waals surface area (Å²) in [6.45, 7) is 0. The number of aromatic nitrogens is 1. The van der Waals surface area contributed by atoms with Crippen molar-refractivity contribution in [3.05, 3.63) is 90.1 Å². The first-order valence-electron chi connectivity index (χ1n) is 7.69. The Hall–Kier alpha value is -2.80. The van der Waals surface area contributed by atoms with Crippen LogP contribution >= 0.6 is 0 Å². The van der Waals surface area contributed by atoms with Gasteiger partial charge in [0.15, 0.2) is 0 Å². The van der Waals surface area contributed by atoms with E-state index in [1.54, 1.807) is 0 Å². The third-order valence-corrected chi connectivity index (χ3v) is 4.63. The van der Waals surface area contributed by atoms with Crippen LogP contribution < -0.4 is 0 Å². The number of nitrogens with zero attached hydrogens (tertiary/aromatic N) is 1. The minimum Gasteiger partial charge on any atom is -0.312 e. The van der Waals surface area contributed by atoms with Crippen molar-refractivity contribution in [3.8, 4) is 16.8 Å². The Kier molecular flexibility index (Phi) is 2.33. The van der Waals surface area contributed by atoms with Gasteiger partial charge in [0.25, 0.3) is 0 Å². The molecule has 3 aromatic carbocycles. The molecule has 104 valence electrons. The Morgan fingerprint density at radius 1 is 0.682 bits per heavy atom. The van der Waals surface area contributed by atoms with Crippen LogP contribution in [0.4, 0.5) is 0 Å². The molecule has 0 amide bonds. The average Bonchev–Trinajstić information content (AvgIpc) is 3.10. The molecule has 1 aliphatic heterocycles. The minimum atomic E-state index is 1.01. The van der Waals surface area contributed by atoms with Crippen molar-refractivity contribution in [3.63, 3.8) is 0 Å². The maximum Gasteiger partial charge on any atom is 0.0538 e. The molecular weight excluding hydrogens is 266 g/mol. The second kappa shape index (κ2) is 4.35. The van der Waals surface area contributed by atoms with Crippen LogP contribution in [0.1, 0.15) is 11.3 Å². The molecule has 0 atom stereocenters. The predicted octanol–water partition coefficient (Wildman–Crippen LogP) is 5.20. The zero-order chi connectivity index (χ0) is 14.5. The fourth-order valence-electron chi connectivity index (χ4n) is 3.72. The van der Waals surface area contributed by atoms with Crippen LogP contribution in [0.2, 0.25) is 0 Å². The highest BCUT2D eigenvalue weighted by Crippen LogP contribution is 2.42. The summed E-state index contributed by atoms with van der Waals surface area (Å²) in [7, 11) is 0. The maximum atomic E-state index is 2.44. The summed E-state index contributed by atoms with van der Waals surface area (Å²) >= 11 is 0. The van der Waals surface area contributed by atoms with Crippen LogP contribution in [-0.4, -0.2) is 4.57 Å². The van der Waals surface area contributed by atoms with Crippen molar-refractivity contribution in [2.24, 2.45) is 0 Å². The van der Waals surface area contributed by atoms with E-state index in [1.807, 2.05) is 0 Å². The SMILES string of the molecule is c1ccc(-c2c3n(c4ccccc24)-c2ccccc2C3)cc1. The summed E-state index contributed by atoms with van der Waals surface area (Å²) in [5.74, 6) is 0. The largest absolute Gasteiger partial charge is 0.312 e. The van der Waals surface area contributed by atoms with Crippen LogP contribution in [0.3, 0.4) is 0 Å². The van der Waals surface area contributed by atoms with E-state index >= 15 is 0 Å².